The van der Waals surface area contributed by atoms with Crippen molar-refractivity contribution in [3.05, 3.63) is 36.4 Å². The third kappa shape index (κ3) is 4.48. The number of hydrogen-bond acceptors (Lipinski definition) is 4. The molecule has 0 aliphatic heterocycles. The van der Waals surface area contributed by atoms with Crippen LogP contribution in [-0.4, -0.2) is 48.2 Å². The van der Waals surface area contributed by atoms with Crippen LogP contribution in [0.3, 0.4) is 0 Å². The molecule has 0 spiro atoms. The van der Waals surface area contributed by atoms with Gasteiger partial charge in [-0.2, -0.15) is 0 Å². The first-order valence-corrected chi connectivity index (χ1v) is 7.14. The molecule has 0 heterocycles. The summed E-state index contributed by atoms with van der Waals surface area (Å²) < 4.78 is 10.7. The van der Waals surface area contributed by atoms with Gasteiger partial charge in [0.15, 0.2) is 18.1 Å². The van der Waals surface area contributed by atoms with Crippen LogP contribution in [0.5, 0.6) is 11.5 Å². The van der Waals surface area contributed by atoms with Gasteiger partial charge in [0, 0.05) is 7.05 Å². The molecule has 0 aromatic heterocycles. The average molecular weight is 321 g/mol. The highest BCUT2D eigenvalue weighted by Crippen LogP contribution is 2.28. The number of likely N-dealkylation sites (N-methyl/N-ethyl adjacent to an activating group) is 1. The summed E-state index contributed by atoms with van der Waals surface area (Å²) >= 11 is 0. The van der Waals surface area contributed by atoms with Gasteiger partial charge in [-0.05, 0) is 38.0 Å². The number of hydrogen-bond donors (Lipinski definition) is 1. The third-order valence-electron chi connectivity index (χ3n) is 3.70. The van der Waals surface area contributed by atoms with Gasteiger partial charge in [-0.1, -0.05) is 12.1 Å². The molecular weight excluding hydrogens is 298 g/mol. The number of benzene rings is 1. The maximum atomic E-state index is 12.1. The van der Waals surface area contributed by atoms with Crippen LogP contribution >= 0.6 is 0 Å². The molecule has 0 bridgehead atoms. The number of allylic oxidation sites excluding steroid dienone is 1. The molecule has 6 nitrogen and oxygen atoms in total. The lowest BCUT2D eigenvalue weighted by Gasteiger charge is -2.31. The van der Waals surface area contributed by atoms with E-state index in [2.05, 4.69) is 6.58 Å². The lowest BCUT2D eigenvalue weighted by molar-refractivity contribution is -0.156. The van der Waals surface area contributed by atoms with E-state index >= 15 is 0 Å². The van der Waals surface area contributed by atoms with Crippen LogP contribution in [0.25, 0.3) is 0 Å². The Bertz CT molecular complexity index is 595. The number of ether oxygens (including phenoxy) is 2. The van der Waals surface area contributed by atoms with Crippen molar-refractivity contribution in [1.82, 2.24) is 4.90 Å². The number of rotatable bonds is 8. The van der Waals surface area contributed by atoms with Crippen LogP contribution in [0.15, 0.2) is 30.9 Å². The Morgan fingerprint density at radius 3 is 2.52 bits per heavy atom. The second-order valence-electron chi connectivity index (χ2n) is 5.58. The van der Waals surface area contributed by atoms with E-state index in [1.54, 1.807) is 12.1 Å². The number of carbonyl (C=O) groups excluding carboxylic acids is 1. The van der Waals surface area contributed by atoms with Gasteiger partial charge in [0.1, 0.15) is 5.54 Å². The van der Waals surface area contributed by atoms with Crippen molar-refractivity contribution >= 4 is 11.9 Å². The molecule has 0 saturated carbocycles. The van der Waals surface area contributed by atoms with E-state index in [-0.39, 0.29) is 6.61 Å². The Balaban J connectivity index is 2.80. The minimum Gasteiger partial charge on any atom is -0.493 e. The predicted octanol–water partition coefficient (Wildman–Crippen LogP) is 2.12. The second kappa shape index (κ2) is 7.67. The van der Waals surface area contributed by atoms with E-state index in [9.17, 15) is 9.59 Å². The quantitative estimate of drug-likeness (QED) is 0.742. The van der Waals surface area contributed by atoms with Gasteiger partial charge >= 0.3 is 5.97 Å². The van der Waals surface area contributed by atoms with Crippen LogP contribution in [0.2, 0.25) is 0 Å². The van der Waals surface area contributed by atoms with Gasteiger partial charge in [-0.25, -0.2) is 4.79 Å². The van der Waals surface area contributed by atoms with E-state index in [0.29, 0.717) is 17.9 Å². The summed E-state index contributed by atoms with van der Waals surface area (Å²) in [7, 11) is 2.95. The summed E-state index contributed by atoms with van der Waals surface area (Å²) in [6.45, 7) is 6.32. The lowest BCUT2D eigenvalue weighted by Crippen LogP contribution is -2.52. The van der Waals surface area contributed by atoms with Crippen molar-refractivity contribution < 1.29 is 24.2 Å². The van der Waals surface area contributed by atoms with Gasteiger partial charge in [-0.3, -0.25) is 4.79 Å². The molecule has 1 rings (SSSR count). The average Bonchev–Trinajstić information content (AvgIpc) is 2.52. The van der Waals surface area contributed by atoms with Gasteiger partial charge in [0.05, 0.1) is 7.11 Å². The third-order valence-corrected chi connectivity index (χ3v) is 3.70. The standard InChI is InChI=1S/C17H23NO5/c1-6-7-12-8-9-13(14(10-12)22-5)23-11-15(19)18(4)17(2,3)16(20)21/h6,8-10H,1,7,11H2,2-5H3,(H,20,21). The molecule has 0 fully saturated rings. The summed E-state index contributed by atoms with van der Waals surface area (Å²) in [5.41, 5.74) is -0.294. The lowest BCUT2D eigenvalue weighted by atomic mass is 10.0. The Labute approximate surface area is 136 Å². The Morgan fingerprint density at radius 1 is 1.35 bits per heavy atom. The normalized spacial score (nSPS) is 10.8. The number of aliphatic carboxylic acids is 1. The van der Waals surface area contributed by atoms with Crippen molar-refractivity contribution in [1.29, 1.82) is 0 Å². The van der Waals surface area contributed by atoms with Crippen molar-refractivity contribution in [2.75, 3.05) is 20.8 Å². The van der Waals surface area contributed by atoms with Gasteiger partial charge in [-0.15, -0.1) is 6.58 Å². The molecular formula is C17H23NO5. The first kappa shape index (κ1) is 18.5. The number of nitrogens with zero attached hydrogens (tertiary/aromatic N) is 1. The molecule has 1 aromatic rings. The van der Waals surface area contributed by atoms with E-state index < -0.39 is 17.4 Å². The maximum absolute atomic E-state index is 12.1. The minimum atomic E-state index is -1.31. The predicted molar refractivity (Wildman–Crippen MR) is 86.9 cm³/mol. The van der Waals surface area contributed by atoms with E-state index in [1.807, 2.05) is 12.1 Å². The van der Waals surface area contributed by atoms with Gasteiger partial charge in [0.2, 0.25) is 0 Å². The second-order valence-corrected chi connectivity index (χ2v) is 5.58. The number of carboxylic acid groups (broad SMARTS) is 1. The summed E-state index contributed by atoms with van der Waals surface area (Å²) in [4.78, 5) is 24.4. The Hall–Kier alpha value is -2.50. The molecule has 0 aliphatic carbocycles. The Morgan fingerprint density at radius 2 is 2.00 bits per heavy atom. The molecule has 0 radical (unpaired) electrons. The molecule has 1 N–H and O–H groups in total. The summed E-state index contributed by atoms with van der Waals surface area (Å²) in [6.07, 6.45) is 2.48. The van der Waals surface area contributed by atoms with E-state index in [4.69, 9.17) is 14.6 Å². The number of methoxy groups -OCH3 is 1. The van der Waals surface area contributed by atoms with Crippen LogP contribution in [0.4, 0.5) is 0 Å². The first-order chi connectivity index (χ1) is 10.7. The number of carbonyl (C=O) groups is 2. The summed E-state index contributed by atoms with van der Waals surface area (Å²) in [6, 6.07) is 5.38. The fraction of sp³-hybridized carbons (Fsp3) is 0.412. The smallest absolute Gasteiger partial charge is 0.329 e. The molecule has 6 heteroatoms. The molecule has 23 heavy (non-hydrogen) atoms. The first-order valence-electron chi connectivity index (χ1n) is 7.14. The summed E-state index contributed by atoms with van der Waals surface area (Å²) in [5, 5.41) is 9.15. The molecule has 0 saturated heterocycles. The molecule has 0 unspecified atom stereocenters. The number of amides is 1. The summed E-state index contributed by atoms with van der Waals surface area (Å²) in [5.74, 6) is -0.582. The van der Waals surface area contributed by atoms with Gasteiger partial charge in [0.25, 0.3) is 5.91 Å². The van der Waals surface area contributed by atoms with Crippen molar-refractivity contribution in [3.63, 3.8) is 0 Å². The molecule has 0 atom stereocenters. The van der Waals surface area contributed by atoms with Crippen molar-refractivity contribution in [2.24, 2.45) is 0 Å². The van der Waals surface area contributed by atoms with Gasteiger partial charge < -0.3 is 19.5 Å². The zero-order valence-electron chi connectivity index (χ0n) is 14.0. The topological polar surface area (TPSA) is 76.1 Å². The van der Waals surface area contributed by atoms with Crippen LogP contribution < -0.4 is 9.47 Å². The SMILES string of the molecule is C=CCc1ccc(OCC(=O)N(C)C(C)(C)C(=O)O)c(OC)c1. The highest BCUT2D eigenvalue weighted by atomic mass is 16.5. The molecule has 1 amide bonds. The fourth-order valence-electron chi connectivity index (χ4n) is 1.82. The zero-order valence-corrected chi connectivity index (χ0v) is 14.0. The van der Waals surface area contributed by atoms with E-state index in [0.717, 1.165) is 10.5 Å². The Kier molecular flexibility index (Phi) is 6.18. The largest absolute Gasteiger partial charge is 0.493 e. The highest BCUT2D eigenvalue weighted by molar-refractivity contribution is 5.86. The minimum absolute atomic E-state index is 0.273. The number of carboxylic acids is 1. The van der Waals surface area contributed by atoms with E-state index in [1.165, 1.54) is 28.0 Å². The van der Waals surface area contributed by atoms with Crippen molar-refractivity contribution in [2.45, 2.75) is 25.8 Å². The highest BCUT2D eigenvalue weighted by Gasteiger charge is 2.35. The fourth-order valence-corrected chi connectivity index (χ4v) is 1.82. The monoisotopic (exact) mass is 321 g/mol. The van der Waals surface area contributed by atoms with Crippen LogP contribution in [-0.2, 0) is 16.0 Å². The zero-order chi connectivity index (χ0) is 17.6. The maximum Gasteiger partial charge on any atom is 0.329 e. The van der Waals surface area contributed by atoms with Crippen LogP contribution in [0, 0.1) is 0 Å². The molecule has 1 aromatic carbocycles. The molecule has 0 aliphatic rings. The van der Waals surface area contributed by atoms with Crippen molar-refractivity contribution in [3.8, 4) is 11.5 Å². The van der Waals surface area contributed by atoms with Crippen LogP contribution in [0.1, 0.15) is 19.4 Å². The molecule has 126 valence electrons.